The highest BCUT2D eigenvalue weighted by atomic mass is 28.4. The summed E-state index contributed by atoms with van der Waals surface area (Å²) in [7, 11) is -2.46. The number of Topliss-reactive ketones (excluding diaryl/α,β-unsaturated/α-hetero) is 1. The molecule has 3 rings (SSSR count). The predicted octanol–water partition coefficient (Wildman–Crippen LogP) is 7.40. The number of nitrogens with one attached hydrogen (secondary N) is 2. The van der Waals surface area contributed by atoms with E-state index < -0.39 is 44.1 Å². The Labute approximate surface area is 307 Å². The lowest BCUT2D eigenvalue weighted by molar-refractivity contribution is -0.141. The molecule has 4 atom stereocenters. The van der Waals surface area contributed by atoms with E-state index in [0.717, 1.165) is 16.7 Å². The van der Waals surface area contributed by atoms with Gasteiger partial charge in [-0.05, 0) is 82.1 Å². The molecule has 10 heteroatoms. The fourth-order valence-corrected chi connectivity index (χ4v) is 7.35. The molecular formula is C41H63N3O6Si. The second-order valence-corrected chi connectivity index (χ2v) is 21.8. The van der Waals surface area contributed by atoms with E-state index in [0.29, 0.717) is 45.2 Å². The number of carbonyl (C=O) groups is 4. The number of likely N-dealkylation sites (tertiary alicyclic amines) is 1. The number of piperidine rings is 1. The molecule has 0 spiro atoms. The fraction of sp³-hybridized carbons (Fsp3) is 0.610. The van der Waals surface area contributed by atoms with Gasteiger partial charge in [0.15, 0.2) is 8.32 Å². The van der Waals surface area contributed by atoms with Crippen LogP contribution in [-0.4, -0.2) is 73.8 Å². The summed E-state index contributed by atoms with van der Waals surface area (Å²) < 4.78 is 12.9. The van der Waals surface area contributed by atoms with Crippen molar-refractivity contribution in [3.05, 3.63) is 71.3 Å². The number of amides is 3. The summed E-state index contributed by atoms with van der Waals surface area (Å²) in [6.07, 6.45) is 0.764. The van der Waals surface area contributed by atoms with E-state index in [4.69, 9.17) is 9.16 Å². The van der Waals surface area contributed by atoms with Gasteiger partial charge in [-0.1, -0.05) is 94.8 Å². The van der Waals surface area contributed by atoms with Gasteiger partial charge in [-0.2, -0.15) is 0 Å². The van der Waals surface area contributed by atoms with Gasteiger partial charge >= 0.3 is 6.09 Å². The van der Waals surface area contributed by atoms with Crippen molar-refractivity contribution >= 4 is 32.0 Å². The smallest absolute Gasteiger partial charge is 0.407 e. The molecule has 1 aliphatic rings. The van der Waals surface area contributed by atoms with Crippen molar-refractivity contribution in [1.29, 1.82) is 0 Å². The van der Waals surface area contributed by atoms with Gasteiger partial charge in [0.1, 0.15) is 17.4 Å². The molecule has 0 bridgehead atoms. The molecule has 1 aliphatic heterocycles. The highest BCUT2D eigenvalue weighted by Gasteiger charge is 2.43. The summed E-state index contributed by atoms with van der Waals surface area (Å²) in [5.74, 6) is -1.01. The van der Waals surface area contributed by atoms with Gasteiger partial charge in [-0.15, -0.1) is 0 Å². The second-order valence-electron chi connectivity index (χ2n) is 17.1. The Morgan fingerprint density at radius 3 is 1.94 bits per heavy atom. The van der Waals surface area contributed by atoms with Crippen molar-refractivity contribution in [3.63, 3.8) is 0 Å². The van der Waals surface area contributed by atoms with E-state index in [1.165, 1.54) is 0 Å². The highest BCUT2D eigenvalue weighted by molar-refractivity contribution is 6.74. The molecule has 0 aliphatic carbocycles. The molecule has 3 amide bonds. The molecule has 2 aromatic carbocycles. The van der Waals surface area contributed by atoms with E-state index in [1.807, 2.05) is 96.1 Å². The largest absolute Gasteiger partial charge is 0.444 e. The molecule has 2 N–H and O–H groups in total. The summed E-state index contributed by atoms with van der Waals surface area (Å²) in [6, 6.07) is 16.8. The van der Waals surface area contributed by atoms with Gasteiger partial charge in [0.05, 0.1) is 12.1 Å². The van der Waals surface area contributed by atoms with Gasteiger partial charge in [-0.25, -0.2) is 4.79 Å². The predicted molar refractivity (Wildman–Crippen MR) is 206 cm³/mol. The second kappa shape index (κ2) is 17.8. The summed E-state index contributed by atoms with van der Waals surface area (Å²) in [4.78, 5) is 55.4. The third kappa shape index (κ3) is 13.2. The van der Waals surface area contributed by atoms with Crippen LogP contribution in [0.15, 0.2) is 54.6 Å². The zero-order valence-electron chi connectivity index (χ0n) is 32.9. The monoisotopic (exact) mass is 721 g/mol. The molecule has 2 aromatic rings. The Hall–Kier alpha value is -3.50. The summed E-state index contributed by atoms with van der Waals surface area (Å²) >= 11 is 0. The van der Waals surface area contributed by atoms with Gasteiger partial charge in [0.2, 0.25) is 11.8 Å². The first-order valence-electron chi connectivity index (χ1n) is 18.5. The zero-order chi connectivity index (χ0) is 38.1. The van der Waals surface area contributed by atoms with E-state index in [9.17, 15) is 19.2 Å². The van der Waals surface area contributed by atoms with Crippen LogP contribution in [0.2, 0.25) is 18.1 Å². The van der Waals surface area contributed by atoms with Crippen molar-refractivity contribution in [2.24, 2.45) is 11.8 Å². The first-order valence-corrected chi connectivity index (χ1v) is 21.4. The van der Waals surface area contributed by atoms with Crippen LogP contribution in [0.1, 0.15) is 91.3 Å². The topological polar surface area (TPSA) is 114 Å². The van der Waals surface area contributed by atoms with Gasteiger partial charge in [0, 0.05) is 31.8 Å². The number of nitrogens with zero attached hydrogens (tertiary/aromatic N) is 1. The van der Waals surface area contributed by atoms with E-state index in [1.54, 1.807) is 4.90 Å². The molecule has 3 unspecified atom stereocenters. The molecule has 0 aromatic heterocycles. The Bertz CT molecular complexity index is 1450. The van der Waals surface area contributed by atoms with Crippen LogP contribution in [0.25, 0.3) is 0 Å². The molecular weight excluding hydrogens is 659 g/mol. The average molecular weight is 722 g/mol. The maximum absolute atomic E-state index is 14.6. The average Bonchev–Trinajstić information content (AvgIpc) is 3.02. The van der Waals surface area contributed by atoms with E-state index >= 15 is 0 Å². The van der Waals surface area contributed by atoms with Gasteiger partial charge in [0.25, 0.3) is 0 Å². The number of benzene rings is 2. The summed E-state index contributed by atoms with van der Waals surface area (Å²) in [5.41, 5.74) is 2.43. The Morgan fingerprint density at radius 2 is 1.41 bits per heavy atom. The van der Waals surface area contributed by atoms with Crippen molar-refractivity contribution < 1.29 is 28.3 Å². The minimum Gasteiger partial charge on any atom is -0.444 e. The first-order chi connectivity index (χ1) is 23.6. The van der Waals surface area contributed by atoms with E-state index in [-0.39, 0.29) is 28.6 Å². The number of rotatable bonds is 14. The van der Waals surface area contributed by atoms with Gasteiger partial charge in [-0.3, -0.25) is 14.4 Å². The number of hydrogen-bond donors (Lipinski definition) is 2. The molecule has 0 radical (unpaired) electrons. The molecule has 51 heavy (non-hydrogen) atoms. The number of hydrogen-bond acceptors (Lipinski definition) is 6. The first kappa shape index (κ1) is 41.9. The lowest BCUT2D eigenvalue weighted by Gasteiger charge is -2.42. The number of ketones is 1. The minimum absolute atomic E-state index is 0.145. The quantitative estimate of drug-likeness (QED) is 0.197. The zero-order valence-corrected chi connectivity index (χ0v) is 33.9. The highest BCUT2D eigenvalue weighted by Crippen LogP contribution is 2.39. The number of ether oxygens (including phenoxy) is 1. The third-order valence-electron chi connectivity index (χ3n) is 10.1. The molecule has 1 heterocycles. The minimum atomic E-state index is -2.46. The van der Waals surface area contributed by atoms with Crippen LogP contribution < -0.4 is 10.6 Å². The SMILES string of the molecule is Cc1ccc(CC(CC(O[Si](C)(C)C(C)(C)C)C(Cc2ccccc2)NC(=O)OC(C)(C)C)C(=O)N[C@H](C(=O)N2CCC(=O)CC2)C(C)C)cc1. The van der Waals surface area contributed by atoms with Crippen LogP contribution in [0.3, 0.4) is 0 Å². The maximum atomic E-state index is 14.6. The Balaban J connectivity index is 2.06. The lowest BCUT2D eigenvalue weighted by Crippen LogP contribution is -2.56. The van der Waals surface area contributed by atoms with Crippen LogP contribution in [0.5, 0.6) is 0 Å². The maximum Gasteiger partial charge on any atom is 0.407 e. The van der Waals surface area contributed by atoms with Crippen LogP contribution >= 0.6 is 0 Å². The molecule has 0 saturated carbocycles. The number of alkyl carbamates (subject to hydrolysis) is 1. The van der Waals surface area contributed by atoms with Crippen LogP contribution in [0.4, 0.5) is 4.79 Å². The molecule has 1 saturated heterocycles. The number of aryl methyl sites for hydroxylation is 1. The fourth-order valence-electron chi connectivity index (χ4n) is 5.98. The number of carbonyl (C=O) groups excluding carboxylic acids is 4. The third-order valence-corrected chi connectivity index (χ3v) is 14.6. The standard InChI is InChI=1S/C41H63N3O6Si/c1-28(2)36(38(47)44-23-21-33(45)22-24-44)43-37(46)32(25-31-19-17-29(3)18-20-31)27-35(50-51(10,11)41(7,8)9)34(26-30-15-13-12-14-16-30)42-39(48)49-40(4,5)6/h12-20,28,32,34-36H,21-27H2,1-11H3,(H,42,48)(H,43,46)/t32?,34?,35?,36-/m0/s1. The summed E-state index contributed by atoms with van der Waals surface area (Å²) in [6.45, 7) is 23.0. The Kier molecular flexibility index (Phi) is 14.6. The van der Waals surface area contributed by atoms with Crippen molar-refractivity contribution in [2.45, 2.75) is 136 Å². The molecule has 1 fully saturated rings. The molecule has 282 valence electrons. The van der Waals surface area contributed by atoms with Gasteiger partial charge < -0.3 is 24.7 Å². The van der Waals surface area contributed by atoms with Crippen molar-refractivity contribution in [2.75, 3.05) is 13.1 Å². The van der Waals surface area contributed by atoms with Crippen LogP contribution in [-0.2, 0) is 36.4 Å². The Morgan fingerprint density at radius 1 is 0.843 bits per heavy atom. The normalized spacial score (nSPS) is 16.6. The van der Waals surface area contributed by atoms with Crippen molar-refractivity contribution in [3.8, 4) is 0 Å². The molecule has 9 nitrogen and oxygen atoms in total. The van der Waals surface area contributed by atoms with Crippen molar-refractivity contribution in [1.82, 2.24) is 15.5 Å². The summed E-state index contributed by atoms with van der Waals surface area (Å²) in [5, 5.41) is 6.15. The van der Waals surface area contributed by atoms with E-state index in [2.05, 4.69) is 44.5 Å². The van der Waals surface area contributed by atoms with Crippen LogP contribution in [0, 0.1) is 18.8 Å². The lowest BCUT2D eigenvalue weighted by atomic mass is 9.88.